The predicted molar refractivity (Wildman–Crippen MR) is 102 cm³/mol. The lowest BCUT2D eigenvalue weighted by Gasteiger charge is -2.10. The first-order chi connectivity index (χ1) is 13.1. The third-order valence-corrected chi connectivity index (χ3v) is 3.96. The molecule has 0 radical (unpaired) electrons. The van der Waals surface area contributed by atoms with Crippen LogP contribution in [-0.2, 0) is 11.0 Å². The van der Waals surface area contributed by atoms with Gasteiger partial charge in [-0.15, -0.1) is 0 Å². The standard InChI is InChI=1S/C18H14Cl2F3N3O2/c1-10(25-26-17(28)14-6-5-12(19)9-15(14)20)7-16(27)24-13-4-2-3-11(8-13)18(21,22)23/h2-6,8-9H,7H2,1H3,(H,24,27)(H,26,28). The summed E-state index contributed by atoms with van der Waals surface area (Å²) in [5.41, 5.74) is 1.77. The van der Waals surface area contributed by atoms with Gasteiger partial charge in [0.2, 0.25) is 5.91 Å². The highest BCUT2D eigenvalue weighted by molar-refractivity contribution is 6.36. The fraction of sp³-hybridized carbons (Fsp3) is 0.167. The number of anilines is 1. The van der Waals surface area contributed by atoms with Crippen molar-refractivity contribution in [2.24, 2.45) is 5.10 Å². The van der Waals surface area contributed by atoms with Crippen LogP contribution in [0.5, 0.6) is 0 Å². The van der Waals surface area contributed by atoms with Crippen LogP contribution in [0.25, 0.3) is 0 Å². The smallest absolute Gasteiger partial charge is 0.326 e. The van der Waals surface area contributed by atoms with Crippen LogP contribution in [0.1, 0.15) is 29.3 Å². The van der Waals surface area contributed by atoms with E-state index in [1.54, 1.807) is 0 Å². The van der Waals surface area contributed by atoms with Gasteiger partial charge in [0.05, 0.1) is 22.6 Å². The normalized spacial score (nSPS) is 11.9. The van der Waals surface area contributed by atoms with Gasteiger partial charge in [0, 0.05) is 16.4 Å². The Morgan fingerprint density at radius 1 is 1.11 bits per heavy atom. The maximum absolute atomic E-state index is 12.7. The van der Waals surface area contributed by atoms with Crippen LogP contribution >= 0.6 is 23.2 Å². The minimum absolute atomic E-state index is 0.00427. The minimum atomic E-state index is -4.51. The van der Waals surface area contributed by atoms with Gasteiger partial charge in [0.25, 0.3) is 5.91 Å². The summed E-state index contributed by atoms with van der Waals surface area (Å²) in [6.07, 6.45) is -4.74. The van der Waals surface area contributed by atoms with Crippen molar-refractivity contribution < 1.29 is 22.8 Å². The Balaban J connectivity index is 1.95. The number of carbonyl (C=O) groups excluding carboxylic acids is 2. The van der Waals surface area contributed by atoms with Crippen molar-refractivity contribution in [1.82, 2.24) is 5.43 Å². The van der Waals surface area contributed by atoms with Gasteiger partial charge in [0.15, 0.2) is 0 Å². The van der Waals surface area contributed by atoms with Crippen LogP contribution < -0.4 is 10.7 Å². The van der Waals surface area contributed by atoms with Gasteiger partial charge in [-0.1, -0.05) is 29.3 Å². The van der Waals surface area contributed by atoms with E-state index in [-0.39, 0.29) is 28.4 Å². The summed E-state index contributed by atoms with van der Waals surface area (Å²) < 4.78 is 38.1. The molecular formula is C18H14Cl2F3N3O2. The number of halogens is 5. The molecule has 0 aliphatic heterocycles. The van der Waals surface area contributed by atoms with Gasteiger partial charge >= 0.3 is 6.18 Å². The second kappa shape index (κ2) is 9.07. The Hall–Kier alpha value is -2.58. The first-order valence-corrected chi connectivity index (χ1v) is 8.57. The van der Waals surface area contributed by atoms with Crippen LogP contribution in [0.2, 0.25) is 10.0 Å². The highest BCUT2D eigenvalue weighted by Crippen LogP contribution is 2.30. The Morgan fingerprint density at radius 3 is 2.46 bits per heavy atom. The molecule has 0 spiro atoms. The van der Waals surface area contributed by atoms with Crippen molar-refractivity contribution in [3.05, 3.63) is 63.6 Å². The molecular weight excluding hydrogens is 418 g/mol. The summed E-state index contributed by atoms with van der Waals surface area (Å²) in [5, 5.41) is 6.65. The molecule has 0 fully saturated rings. The van der Waals surface area contributed by atoms with E-state index in [2.05, 4.69) is 15.8 Å². The maximum Gasteiger partial charge on any atom is 0.416 e. The monoisotopic (exact) mass is 431 g/mol. The summed E-state index contributed by atoms with van der Waals surface area (Å²) in [6, 6.07) is 8.57. The van der Waals surface area contributed by atoms with E-state index < -0.39 is 23.6 Å². The van der Waals surface area contributed by atoms with Gasteiger partial charge in [-0.3, -0.25) is 9.59 Å². The number of hydrogen-bond donors (Lipinski definition) is 2. The van der Waals surface area contributed by atoms with E-state index in [1.807, 2.05) is 0 Å². The van der Waals surface area contributed by atoms with E-state index in [9.17, 15) is 22.8 Å². The third kappa shape index (κ3) is 6.24. The summed E-state index contributed by atoms with van der Waals surface area (Å²) in [6.45, 7) is 1.48. The topological polar surface area (TPSA) is 70.6 Å². The average Bonchev–Trinajstić information content (AvgIpc) is 2.59. The highest BCUT2D eigenvalue weighted by Gasteiger charge is 2.30. The van der Waals surface area contributed by atoms with Crippen LogP contribution in [0.4, 0.5) is 18.9 Å². The molecule has 0 atom stereocenters. The van der Waals surface area contributed by atoms with E-state index >= 15 is 0 Å². The van der Waals surface area contributed by atoms with Crippen molar-refractivity contribution in [2.45, 2.75) is 19.5 Å². The van der Waals surface area contributed by atoms with Gasteiger partial charge in [-0.05, 0) is 43.3 Å². The number of alkyl halides is 3. The lowest BCUT2D eigenvalue weighted by atomic mass is 10.2. The Morgan fingerprint density at radius 2 is 1.82 bits per heavy atom. The van der Waals surface area contributed by atoms with Crippen LogP contribution in [0, 0.1) is 0 Å². The first-order valence-electron chi connectivity index (χ1n) is 7.82. The molecule has 2 aromatic rings. The molecule has 0 heterocycles. The highest BCUT2D eigenvalue weighted by atomic mass is 35.5. The molecule has 0 saturated carbocycles. The summed E-state index contributed by atoms with van der Waals surface area (Å²) in [5.74, 6) is -1.18. The van der Waals surface area contributed by atoms with Crippen LogP contribution in [0.15, 0.2) is 47.6 Å². The van der Waals surface area contributed by atoms with Crippen molar-refractivity contribution in [1.29, 1.82) is 0 Å². The zero-order chi connectivity index (χ0) is 20.9. The van der Waals surface area contributed by atoms with Crippen LogP contribution in [0.3, 0.4) is 0 Å². The van der Waals surface area contributed by atoms with Crippen molar-refractivity contribution in [3.8, 4) is 0 Å². The largest absolute Gasteiger partial charge is 0.416 e. The number of nitrogens with zero attached hydrogens (tertiary/aromatic N) is 1. The quantitative estimate of drug-likeness (QED) is 0.507. The predicted octanol–water partition coefficient (Wildman–Crippen LogP) is 5.15. The number of rotatable bonds is 5. The molecule has 2 rings (SSSR count). The van der Waals surface area contributed by atoms with Gasteiger partial charge in [0.1, 0.15) is 0 Å². The summed E-state index contributed by atoms with van der Waals surface area (Å²) in [7, 11) is 0. The number of nitrogens with one attached hydrogen (secondary N) is 2. The Kier molecular flexibility index (Phi) is 7.04. The zero-order valence-corrected chi connectivity index (χ0v) is 15.9. The molecule has 148 valence electrons. The molecule has 2 amide bonds. The number of amides is 2. The van der Waals surface area contributed by atoms with Crippen molar-refractivity contribution >= 4 is 46.4 Å². The van der Waals surface area contributed by atoms with E-state index in [4.69, 9.17) is 23.2 Å². The lowest BCUT2D eigenvalue weighted by Crippen LogP contribution is -2.21. The Bertz CT molecular complexity index is 931. The van der Waals surface area contributed by atoms with E-state index in [1.165, 1.54) is 37.3 Å². The molecule has 5 nitrogen and oxygen atoms in total. The number of hydrogen-bond acceptors (Lipinski definition) is 3. The van der Waals surface area contributed by atoms with E-state index in [0.717, 1.165) is 12.1 Å². The molecule has 2 aromatic carbocycles. The molecule has 0 aliphatic carbocycles. The lowest BCUT2D eigenvalue weighted by molar-refractivity contribution is -0.137. The maximum atomic E-state index is 12.7. The second-order valence-electron chi connectivity index (χ2n) is 5.72. The zero-order valence-electron chi connectivity index (χ0n) is 14.4. The second-order valence-corrected chi connectivity index (χ2v) is 6.56. The summed E-state index contributed by atoms with van der Waals surface area (Å²) in [4.78, 5) is 24.0. The minimum Gasteiger partial charge on any atom is -0.326 e. The summed E-state index contributed by atoms with van der Waals surface area (Å²) >= 11 is 11.7. The number of carbonyl (C=O) groups is 2. The first kappa shape index (κ1) is 21.7. The SMILES string of the molecule is CC(CC(=O)Nc1cccc(C(F)(F)F)c1)=NNC(=O)c1ccc(Cl)cc1Cl. The number of benzene rings is 2. The van der Waals surface area contributed by atoms with Gasteiger partial charge < -0.3 is 5.32 Å². The third-order valence-electron chi connectivity index (χ3n) is 3.41. The van der Waals surface area contributed by atoms with Crippen LogP contribution in [-0.4, -0.2) is 17.5 Å². The molecule has 2 N–H and O–H groups in total. The van der Waals surface area contributed by atoms with Gasteiger partial charge in [-0.2, -0.15) is 18.3 Å². The number of hydrazone groups is 1. The van der Waals surface area contributed by atoms with Crippen molar-refractivity contribution in [2.75, 3.05) is 5.32 Å². The van der Waals surface area contributed by atoms with Crippen molar-refractivity contribution in [3.63, 3.8) is 0 Å². The molecule has 28 heavy (non-hydrogen) atoms. The van der Waals surface area contributed by atoms with E-state index in [0.29, 0.717) is 5.02 Å². The van der Waals surface area contributed by atoms with Gasteiger partial charge in [-0.25, -0.2) is 5.43 Å². The fourth-order valence-corrected chi connectivity index (χ4v) is 2.62. The average molecular weight is 432 g/mol. The fourth-order valence-electron chi connectivity index (χ4n) is 2.13. The molecule has 0 saturated heterocycles. The molecule has 0 aromatic heterocycles. The molecule has 0 aliphatic rings. The Labute approximate surface area is 168 Å². The molecule has 0 unspecified atom stereocenters. The molecule has 10 heteroatoms. The molecule has 0 bridgehead atoms.